The maximum absolute atomic E-state index is 13.5. The van der Waals surface area contributed by atoms with E-state index in [0.717, 1.165) is 5.56 Å². The Balaban J connectivity index is 1.60. The number of carbonyl (C=O) groups excluding carboxylic acids is 3. The molecule has 3 amide bonds. The molecule has 4 rings (SSSR count). The average Bonchev–Trinajstić information content (AvgIpc) is 3.65. The molecular formula is C26H25N3O5S. The third-order valence-electron chi connectivity index (χ3n) is 5.34. The highest BCUT2D eigenvalue weighted by Gasteiger charge is 2.32. The molecule has 35 heavy (non-hydrogen) atoms. The fourth-order valence-corrected chi connectivity index (χ4v) is 4.19. The fraction of sp³-hybridized carbons (Fsp3) is 0.192. The highest BCUT2D eigenvalue weighted by molar-refractivity contribution is 7.12. The third-order valence-corrected chi connectivity index (χ3v) is 6.21. The molecule has 1 atom stereocenters. The molecule has 180 valence electrons. The van der Waals surface area contributed by atoms with Crippen molar-refractivity contribution in [2.45, 2.75) is 26.1 Å². The van der Waals surface area contributed by atoms with Gasteiger partial charge >= 0.3 is 0 Å². The largest absolute Gasteiger partial charge is 0.467 e. The molecule has 0 fully saturated rings. The predicted octanol–water partition coefficient (Wildman–Crippen LogP) is 4.06. The number of hydrogen-bond acceptors (Lipinski definition) is 6. The van der Waals surface area contributed by atoms with E-state index in [2.05, 4.69) is 10.6 Å². The Morgan fingerprint density at radius 2 is 1.63 bits per heavy atom. The Labute approximate surface area is 206 Å². The molecule has 1 aromatic carbocycles. The van der Waals surface area contributed by atoms with Crippen LogP contribution in [-0.4, -0.2) is 29.2 Å². The van der Waals surface area contributed by atoms with Gasteiger partial charge in [0.1, 0.15) is 17.6 Å². The number of thiophene rings is 1. The van der Waals surface area contributed by atoms with E-state index < -0.39 is 11.9 Å². The van der Waals surface area contributed by atoms with E-state index in [4.69, 9.17) is 8.83 Å². The van der Waals surface area contributed by atoms with Crippen molar-refractivity contribution in [3.63, 3.8) is 0 Å². The molecule has 2 N–H and O–H groups in total. The van der Waals surface area contributed by atoms with Crippen molar-refractivity contribution in [2.75, 3.05) is 6.54 Å². The number of rotatable bonds is 10. The van der Waals surface area contributed by atoms with Gasteiger partial charge in [0.2, 0.25) is 11.8 Å². The van der Waals surface area contributed by atoms with Crippen LogP contribution < -0.4 is 10.6 Å². The molecule has 0 spiro atoms. The quantitative estimate of drug-likeness (QED) is 0.348. The second-order valence-corrected chi connectivity index (χ2v) is 8.82. The molecule has 0 aliphatic heterocycles. The zero-order chi connectivity index (χ0) is 24.6. The van der Waals surface area contributed by atoms with Crippen molar-refractivity contribution in [2.24, 2.45) is 0 Å². The van der Waals surface area contributed by atoms with Crippen LogP contribution in [0.4, 0.5) is 0 Å². The maximum Gasteiger partial charge on any atom is 0.261 e. The van der Waals surface area contributed by atoms with Crippen LogP contribution in [0.25, 0.3) is 0 Å². The van der Waals surface area contributed by atoms with E-state index in [1.54, 1.807) is 41.8 Å². The first-order valence-electron chi connectivity index (χ1n) is 11.0. The van der Waals surface area contributed by atoms with Gasteiger partial charge in [-0.1, -0.05) is 35.9 Å². The van der Waals surface area contributed by atoms with Gasteiger partial charge in [-0.2, -0.15) is 0 Å². The summed E-state index contributed by atoms with van der Waals surface area (Å²) in [4.78, 5) is 41.2. The Kier molecular flexibility index (Phi) is 7.79. The molecule has 3 heterocycles. The van der Waals surface area contributed by atoms with Gasteiger partial charge in [0.05, 0.1) is 37.0 Å². The summed E-state index contributed by atoms with van der Waals surface area (Å²) in [7, 11) is 0. The van der Waals surface area contributed by atoms with Crippen LogP contribution in [0.5, 0.6) is 0 Å². The molecule has 8 nitrogen and oxygen atoms in total. The Hall–Kier alpha value is -4.11. The second-order valence-electron chi connectivity index (χ2n) is 7.87. The van der Waals surface area contributed by atoms with E-state index in [0.29, 0.717) is 22.0 Å². The van der Waals surface area contributed by atoms with Crippen LogP contribution in [0.1, 0.15) is 38.4 Å². The summed E-state index contributed by atoms with van der Waals surface area (Å²) in [6, 6.07) is 16.8. The van der Waals surface area contributed by atoms with Crippen LogP contribution in [-0.2, 0) is 22.7 Å². The Morgan fingerprint density at radius 3 is 2.26 bits per heavy atom. The van der Waals surface area contributed by atoms with Crippen molar-refractivity contribution < 1.29 is 23.2 Å². The molecule has 0 aliphatic rings. The molecule has 3 aromatic heterocycles. The summed E-state index contributed by atoms with van der Waals surface area (Å²) in [6.45, 7) is 1.90. The lowest BCUT2D eigenvalue weighted by molar-refractivity contribution is -0.141. The molecule has 0 unspecified atom stereocenters. The SMILES string of the molecule is Cc1ccc([C@@H](C(=O)NCc2ccco2)N(Cc2ccco2)C(=O)CNC(=O)c2cccs2)cc1. The number of amides is 3. The van der Waals surface area contributed by atoms with Gasteiger partial charge in [-0.25, -0.2) is 0 Å². The van der Waals surface area contributed by atoms with Gasteiger partial charge in [0.25, 0.3) is 5.91 Å². The van der Waals surface area contributed by atoms with Crippen molar-refractivity contribution in [3.8, 4) is 0 Å². The average molecular weight is 492 g/mol. The minimum absolute atomic E-state index is 0.0490. The number of aryl methyl sites for hydroxylation is 1. The molecule has 4 aromatic rings. The Bertz CT molecular complexity index is 1230. The lowest BCUT2D eigenvalue weighted by atomic mass is 10.0. The highest BCUT2D eigenvalue weighted by atomic mass is 32.1. The normalized spacial score (nSPS) is 11.6. The van der Waals surface area contributed by atoms with E-state index in [1.165, 1.54) is 28.8 Å². The molecule has 0 saturated carbocycles. The second kappa shape index (κ2) is 11.3. The van der Waals surface area contributed by atoms with Crippen molar-refractivity contribution in [1.82, 2.24) is 15.5 Å². The van der Waals surface area contributed by atoms with Gasteiger partial charge in [0, 0.05) is 0 Å². The number of furan rings is 2. The van der Waals surface area contributed by atoms with Crippen LogP contribution in [0.3, 0.4) is 0 Å². The number of nitrogens with zero attached hydrogens (tertiary/aromatic N) is 1. The number of carbonyl (C=O) groups is 3. The summed E-state index contributed by atoms with van der Waals surface area (Å²) >= 11 is 1.28. The van der Waals surface area contributed by atoms with Gasteiger partial charge in [-0.05, 0) is 48.2 Å². The van der Waals surface area contributed by atoms with Gasteiger partial charge in [-0.3, -0.25) is 14.4 Å². The van der Waals surface area contributed by atoms with Crippen LogP contribution in [0.2, 0.25) is 0 Å². The lowest BCUT2D eigenvalue weighted by Crippen LogP contribution is -2.46. The summed E-state index contributed by atoms with van der Waals surface area (Å²) in [5, 5.41) is 7.30. The van der Waals surface area contributed by atoms with E-state index in [-0.39, 0.29) is 31.4 Å². The van der Waals surface area contributed by atoms with Crippen molar-refractivity contribution >= 4 is 29.1 Å². The summed E-state index contributed by atoms with van der Waals surface area (Å²) < 4.78 is 10.8. The molecule has 0 saturated heterocycles. The zero-order valence-corrected chi connectivity index (χ0v) is 19.9. The third kappa shape index (κ3) is 6.27. The topological polar surface area (TPSA) is 105 Å². The summed E-state index contributed by atoms with van der Waals surface area (Å²) in [5.74, 6) is -0.0489. The molecule has 0 bridgehead atoms. The first-order chi connectivity index (χ1) is 17.0. The monoisotopic (exact) mass is 491 g/mol. The van der Waals surface area contributed by atoms with Gasteiger partial charge in [-0.15, -0.1) is 11.3 Å². The van der Waals surface area contributed by atoms with Crippen LogP contribution in [0, 0.1) is 6.92 Å². The molecular weight excluding hydrogens is 466 g/mol. The first-order valence-corrected chi connectivity index (χ1v) is 11.9. The summed E-state index contributed by atoms with van der Waals surface area (Å²) in [6.07, 6.45) is 3.04. The fourth-order valence-electron chi connectivity index (χ4n) is 3.55. The number of benzene rings is 1. The van der Waals surface area contributed by atoms with Gasteiger partial charge < -0.3 is 24.4 Å². The van der Waals surface area contributed by atoms with Gasteiger partial charge in [0.15, 0.2) is 0 Å². The van der Waals surface area contributed by atoms with Crippen LogP contribution in [0.15, 0.2) is 87.4 Å². The number of hydrogen-bond donors (Lipinski definition) is 2. The summed E-state index contributed by atoms with van der Waals surface area (Å²) in [5.41, 5.74) is 1.66. The molecule has 0 aliphatic carbocycles. The smallest absolute Gasteiger partial charge is 0.261 e. The minimum Gasteiger partial charge on any atom is -0.467 e. The molecule has 9 heteroatoms. The standard InChI is InChI=1S/C26H25N3O5S/c1-18-8-10-19(11-9-18)24(26(32)27-15-20-5-2-12-33-20)29(17-21-6-3-13-34-21)23(30)16-28-25(31)22-7-4-14-35-22/h2-14,24H,15-17H2,1H3,(H,27,32)(H,28,31)/t24-/m0/s1. The number of nitrogens with one attached hydrogen (secondary N) is 2. The predicted molar refractivity (Wildman–Crippen MR) is 130 cm³/mol. The molecule has 0 radical (unpaired) electrons. The van der Waals surface area contributed by atoms with Crippen molar-refractivity contribution in [3.05, 3.63) is 106 Å². The maximum atomic E-state index is 13.5. The lowest BCUT2D eigenvalue weighted by Gasteiger charge is -2.31. The highest BCUT2D eigenvalue weighted by Crippen LogP contribution is 2.25. The van der Waals surface area contributed by atoms with Crippen LogP contribution >= 0.6 is 11.3 Å². The minimum atomic E-state index is -0.957. The van der Waals surface area contributed by atoms with E-state index in [9.17, 15) is 14.4 Å². The first kappa shape index (κ1) is 24.0. The van der Waals surface area contributed by atoms with E-state index in [1.807, 2.05) is 31.2 Å². The van der Waals surface area contributed by atoms with E-state index >= 15 is 0 Å². The Morgan fingerprint density at radius 1 is 0.914 bits per heavy atom. The van der Waals surface area contributed by atoms with Crippen molar-refractivity contribution in [1.29, 1.82) is 0 Å². The zero-order valence-electron chi connectivity index (χ0n) is 19.1.